The number of hydrogen-bond acceptors (Lipinski definition) is 5. The summed E-state index contributed by atoms with van der Waals surface area (Å²) in [6, 6.07) is 5.90. The van der Waals surface area contributed by atoms with Crippen molar-refractivity contribution in [3.63, 3.8) is 0 Å². The molecule has 0 radical (unpaired) electrons. The summed E-state index contributed by atoms with van der Waals surface area (Å²) in [5.74, 6) is -0.871. The Bertz CT molecular complexity index is 669. The molecule has 0 bridgehead atoms. The Balaban J connectivity index is 2.40. The van der Waals surface area contributed by atoms with Gasteiger partial charge in [-0.15, -0.1) is 0 Å². The van der Waals surface area contributed by atoms with Gasteiger partial charge in [-0.2, -0.15) is 0 Å². The highest BCUT2D eigenvalue weighted by Gasteiger charge is 2.15. The van der Waals surface area contributed by atoms with E-state index in [1.165, 1.54) is 13.2 Å². The van der Waals surface area contributed by atoms with Crippen LogP contribution in [0.4, 0.5) is 5.82 Å². The van der Waals surface area contributed by atoms with Gasteiger partial charge in [-0.3, -0.25) is 0 Å². The number of nitrogens with zero attached hydrogens (tertiary/aromatic N) is 1. The summed E-state index contributed by atoms with van der Waals surface area (Å²) < 4.78 is 4.64. The van der Waals surface area contributed by atoms with Gasteiger partial charge in [-0.1, -0.05) is 0 Å². The quantitative estimate of drug-likeness (QED) is 0.828. The van der Waals surface area contributed by atoms with Crippen LogP contribution in [0.1, 0.15) is 17.3 Å². The van der Waals surface area contributed by atoms with Gasteiger partial charge < -0.3 is 15.2 Å². The molecule has 104 valence electrons. The summed E-state index contributed by atoms with van der Waals surface area (Å²) in [4.78, 5) is 26.5. The van der Waals surface area contributed by atoms with Crippen LogP contribution < -0.4 is 5.32 Å². The Labute approximate surface area is 115 Å². The standard InChI is InChI=1S/C14H14N2O4/c1-8(14(19)20-2)16-12-11-4-3-10(13(17)18)7-9(11)5-6-15-12/h3-8H,1-2H3,(H,15,16)(H,17,18). The van der Waals surface area contributed by atoms with E-state index in [4.69, 9.17) is 5.11 Å². The minimum Gasteiger partial charge on any atom is -0.478 e. The highest BCUT2D eigenvalue weighted by Crippen LogP contribution is 2.23. The van der Waals surface area contributed by atoms with Crippen LogP contribution in [0.15, 0.2) is 30.5 Å². The number of anilines is 1. The molecule has 2 N–H and O–H groups in total. The minimum absolute atomic E-state index is 0.204. The van der Waals surface area contributed by atoms with Crippen LogP contribution in [0.25, 0.3) is 10.8 Å². The molecule has 1 aromatic carbocycles. The van der Waals surface area contributed by atoms with Crippen LogP contribution in [0.2, 0.25) is 0 Å². The lowest BCUT2D eigenvalue weighted by Gasteiger charge is -2.14. The van der Waals surface area contributed by atoms with Gasteiger partial charge in [0.15, 0.2) is 0 Å². The number of carboxylic acids is 1. The van der Waals surface area contributed by atoms with Crippen LogP contribution in [0, 0.1) is 0 Å². The van der Waals surface area contributed by atoms with Crippen LogP contribution >= 0.6 is 0 Å². The number of nitrogens with one attached hydrogen (secondary N) is 1. The molecule has 0 fully saturated rings. The number of fused-ring (bicyclic) bond motifs is 1. The number of aromatic carboxylic acids is 1. The van der Waals surface area contributed by atoms with Crippen molar-refractivity contribution in [3.05, 3.63) is 36.0 Å². The fraction of sp³-hybridized carbons (Fsp3) is 0.214. The van der Waals surface area contributed by atoms with Crippen molar-refractivity contribution in [2.24, 2.45) is 0 Å². The third-order valence-electron chi connectivity index (χ3n) is 2.92. The van der Waals surface area contributed by atoms with Crippen LogP contribution in [0.3, 0.4) is 0 Å². The molecule has 1 heterocycles. The normalized spacial score (nSPS) is 11.9. The van der Waals surface area contributed by atoms with E-state index in [1.54, 1.807) is 31.3 Å². The number of pyridine rings is 1. The molecule has 0 aliphatic carbocycles. The van der Waals surface area contributed by atoms with E-state index < -0.39 is 18.0 Å². The first kappa shape index (κ1) is 13.8. The first-order valence-corrected chi connectivity index (χ1v) is 5.99. The molecule has 6 nitrogen and oxygen atoms in total. The number of hydrogen-bond donors (Lipinski definition) is 2. The summed E-state index contributed by atoms with van der Waals surface area (Å²) >= 11 is 0. The van der Waals surface area contributed by atoms with Crippen LogP contribution in [-0.4, -0.2) is 35.2 Å². The van der Waals surface area contributed by atoms with Crippen molar-refractivity contribution < 1.29 is 19.4 Å². The third kappa shape index (κ3) is 2.69. The number of ether oxygens (including phenoxy) is 1. The second kappa shape index (κ2) is 5.56. The van der Waals surface area contributed by atoms with E-state index in [-0.39, 0.29) is 5.56 Å². The number of carbonyl (C=O) groups excluding carboxylic acids is 1. The molecule has 6 heteroatoms. The first-order valence-electron chi connectivity index (χ1n) is 5.99. The van der Waals surface area contributed by atoms with E-state index in [2.05, 4.69) is 15.0 Å². The van der Waals surface area contributed by atoms with Crippen molar-refractivity contribution in [3.8, 4) is 0 Å². The zero-order valence-electron chi connectivity index (χ0n) is 11.1. The molecular weight excluding hydrogens is 260 g/mol. The van der Waals surface area contributed by atoms with Crippen molar-refractivity contribution in [2.75, 3.05) is 12.4 Å². The maximum Gasteiger partial charge on any atom is 0.335 e. The van der Waals surface area contributed by atoms with E-state index in [1.807, 2.05) is 0 Å². The molecule has 0 saturated heterocycles. The van der Waals surface area contributed by atoms with Crippen molar-refractivity contribution in [1.82, 2.24) is 4.98 Å². The molecule has 1 aromatic heterocycles. The number of carbonyl (C=O) groups is 2. The van der Waals surface area contributed by atoms with Crippen LogP contribution in [-0.2, 0) is 9.53 Å². The lowest BCUT2D eigenvalue weighted by Crippen LogP contribution is -2.27. The predicted octanol–water partition coefficient (Wildman–Crippen LogP) is 1.91. The van der Waals surface area contributed by atoms with E-state index in [0.717, 1.165) is 10.8 Å². The van der Waals surface area contributed by atoms with Gasteiger partial charge in [0, 0.05) is 11.6 Å². The molecule has 0 amide bonds. The zero-order valence-corrected chi connectivity index (χ0v) is 11.1. The monoisotopic (exact) mass is 274 g/mol. The Morgan fingerprint density at radius 3 is 2.75 bits per heavy atom. The Kier molecular flexibility index (Phi) is 3.84. The largest absolute Gasteiger partial charge is 0.478 e. The third-order valence-corrected chi connectivity index (χ3v) is 2.92. The lowest BCUT2D eigenvalue weighted by molar-refractivity contribution is -0.141. The fourth-order valence-corrected chi connectivity index (χ4v) is 1.87. The average Bonchev–Trinajstić information content (AvgIpc) is 2.45. The van der Waals surface area contributed by atoms with Crippen molar-refractivity contribution in [2.45, 2.75) is 13.0 Å². The smallest absolute Gasteiger partial charge is 0.335 e. The van der Waals surface area contributed by atoms with Crippen molar-refractivity contribution in [1.29, 1.82) is 0 Å². The molecular formula is C14H14N2O4. The van der Waals surface area contributed by atoms with Crippen molar-refractivity contribution >= 4 is 28.5 Å². The van der Waals surface area contributed by atoms with Gasteiger partial charge in [0.05, 0.1) is 12.7 Å². The summed E-state index contributed by atoms with van der Waals surface area (Å²) in [6.45, 7) is 1.66. The highest BCUT2D eigenvalue weighted by molar-refractivity contribution is 5.98. The van der Waals surface area contributed by atoms with Gasteiger partial charge in [0.1, 0.15) is 11.9 Å². The van der Waals surface area contributed by atoms with Gasteiger partial charge >= 0.3 is 11.9 Å². The molecule has 0 saturated carbocycles. The Morgan fingerprint density at radius 2 is 2.10 bits per heavy atom. The maximum absolute atomic E-state index is 11.4. The molecule has 1 unspecified atom stereocenters. The number of rotatable bonds is 4. The van der Waals surface area contributed by atoms with Gasteiger partial charge in [0.25, 0.3) is 0 Å². The minimum atomic E-state index is -0.985. The number of esters is 1. The SMILES string of the molecule is COC(=O)C(C)Nc1nccc2cc(C(=O)O)ccc12. The van der Waals surface area contributed by atoms with E-state index in [9.17, 15) is 9.59 Å². The molecule has 2 aromatic rings. The number of carboxylic acid groups (broad SMARTS) is 1. The predicted molar refractivity (Wildman–Crippen MR) is 73.8 cm³/mol. The number of aromatic nitrogens is 1. The molecule has 0 spiro atoms. The highest BCUT2D eigenvalue weighted by atomic mass is 16.5. The topological polar surface area (TPSA) is 88.5 Å². The van der Waals surface area contributed by atoms with Gasteiger partial charge in [0.2, 0.25) is 0 Å². The first-order chi connectivity index (χ1) is 9.52. The molecule has 0 aliphatic heterocycles. The molecule has 2 rings (SSSR count). The second-order valence-corrected chi connectivity index (χ2v) is 4.29. The van der Waals surface area contributed by atoms with E-state index >= 15 is 0 Å². The Morgan fingerprint density at radius 1 is 1.35 bits per heavy atom. The maximum atomic E-state index is 11.4. The number of methoxy groups -OCH3 is 1. The fourth-order valence-electron chi connectivity index (χ4n) is 1.87. The van der Waals surface area contributed by atoms with Gasteiger partial charge in [-0.05, 0) is 36.6 Å². The van der Waals surface area contributed by atoms with Crippen LogP contribution in [0.5, 0.6) is 0 Å². The Hall–Kier alpha value is -2.63. The second-order valence-electron chi connectivity index (χ2n) is 4.29. The van der Waals surface area contributed by atoms with Gasteiger partial charge in [-0.25, -0.2) is 14.6 Å². The molecule has 20 heavy (non-hydrogen) atoms. The summed E-state index contributed by atoms with van der Waals surface area (Å²) in [6.07, 6.45) is 1.56. The summed E-state index contributed by atoms with van der Waals surface area (Å²) in [5.41, 5.74) is 0.204. The molecule has 0 aliphatic rings. The number of benzene rings is 1. The summed E-state index contributed by atoms with van der Waals surface area (Å²) in [7, 11) is 1.32. The summed E-state index contributed by atoms with van der Waals surface area (Å²) in [5, 5.41) is 13.4. The lowest BCUT2D eigenvalue weighted by atomic mass is 10.1. The van der Waals surface area contributed by atoms with E-state index in [0.29, 0.717) is 5.82 Å². The zero-order chi connectivity index (χ0) is 14.7. The molecule has 1 atom stereocenters. The average molecular weight is 274 g/mol.